The summed E-state index contributed by atoms with van der Waals surface area (Å²) in [6.07, 6.45) is 14.1. The van der Waals surface area contributed by atoms with Gasteiger partial charge in [-0.15, -0.1) is 0 Å². The van der Waals surface area contributed by atoms with Crippen molar-refractivity contribution in [1.82, 2.24) is 5.32 Å². The van der Waals surface area contributed by atoms with E-state index in [1.165, 1.54) is 55.2 Å². The number of hydrogen-bond donors (Lipinski definition) is 3. The number of aliphatic imine (C=N–C) groups is 1. The highest BCUT2D eigenvalue weighted by atomic mass is 16.5. The second-order valence-corrected chi connectivity index (χ2v) is 11.0. The largest absolute Gasteiger partial charge is 0.513 e. The highest BCUT2D eigenvalue weighted by Gasteiger charge is 2.39. The monoisotopic (exact) mass is 462 g/mol. The number of allylic oxidation sites excluding steroid dienone is 2. The van der Waals surface area contributed by atoms with Crippen molar-refractivity contribution in [2.75, 3.05) is 0 Å². The van der Waals surface area contributed by atoms with Gasteiger partial charge in [-0.2, -0.15) is 0 Å². The van der Waals surface area contributed by atoms with Crippen molar-refractivity contribution in [3.05, 3.63) is 52.8 Å². The van der Waals surface area contributed by atoms with Crippen LogP contribution >= 0.6 is 0 Å². The maximum atomic E-state index is 10.8. The average molecular weight is 463 g/mol. The molecule has 0 bridgehead atoms. The zero-order valence-corrected chi connectivity index (χ0v) is 20.1. The van der Waals surface area contributed by atoms with Crippen LogP contribution in [0.3, 0.4) is 0 Å². The summed E-state index contributed by atoms with van der Waals surface area (Å²) < 4.78 is 6.58. The Morgan fingerprint density at radius 1 is 0.971 bits per heavy atom. The van der Waals surface area contributed by atoms with Crippen molar-refractivity contribution >= 4 is 11.4 Å². The Balaban J connectivity index is 1.37. The van der Waals surface area contributed by atoms with Gasteiger partial charge in [0.05, 0.1) is 24.0 Å². The SMILES string of the molecule is OC1=CC(O)C(C2=NC(OC3CCCC3)CC(C3=C4CCCCC4Cc4ccccc43)N2)CC1. The van der Waals surface area contributed by atoms with Gasteiger partial charge in [-0.25, -0.2) is 4.99 Å². The topological polar surface area (TPSA) is 74.1 Å². The molecule has 2 fully saturated rings. The van der Waals surface area contributed by atoms with Crippen LogP contribution in [0.4, 0.5) is 0 Å². The van der Waals surface area contributed by atoms with Crippen molar-refractivity contribution in [2.45, 2.75) is 102 Å². The summed E-state index contributed by atoms with van der Waals surface area (Å²) in [5, 5.41) is 24.5. The quantitative estimate of drug-likeness (QED) is 0.557. The van der Waals surface area contributed by atoms with Crippen LogP contribution in [-0.2, 0) is 11.2 Å². The summed E-state index contributed by atoms with van der Waals surface area (Å²) in [5.41, 5.74) is 5.99. The summed E-state index contributed by atoms with van der Waals surface area (Å²) in [6, 6.07) is 9.10. The number of nitrogens with zero attached hydrogens (tertiary/aromatic N) is 1. The molecule has 5 aliphatic rings. The number of rotatable bonds is 4. The van der Waals surface area contributed by atoms with E-state index < -0.39 is 6.10 Å². The normalized spacial score (nSPS) is 34.1. The molecule has 0 radical (unpaired) electrons. The molecule has 0 amide bonds. The van der Waals surface area contributed by atoms with Crippen molar-refractivity contribution in [2.24, 2.45) is 16.8 Å². The van der Waals surface area contributed by atoms with Gasteiger partial charge in [0.2, 0.25) is 0 Å². The summed E-state index contributed by atoms with van der Waals surface area (Å²) in [6.45, 7) is 0. The molecule has 0 spiro atoms. The molecule has 2 saturated carbocycles. The predicted octanol–water partition coefficient (Wildman–Crippen LogP) is 5.45. The summed E-state index contributed by atoms with van der Waals surface area (Å²) in [5.74, 6) is 1.67. The van der Waals surface area contributed by atoms with E-state index in [9.17, 15) is 10.2 Å². The minimum Gasteiger partial charge on any atom is -0.513 e. The van der Waals surface area contributed by atoms with Crippen LogP contribution in [0.25, 0.3) is 5.57 Å². The number of ether oxygens (including phenoxy) is 1. The number of amidine groups is 1. The molecule has 34 heavy (non-hydrogen) atoms. The lowest BCUT2D eigenvalue weighted by molar-refractivity contribution is -0.0126. The number of nitrogens with one attached hydrogen (secondary N) is 1. The van der Waals surface area contributed by atoms with E-state index in [1.54, 1.807) is 11.6 Å². The van der Waals surface area contributed by atoms with Gasteiger partial charge in [-0.1, -0.05) is 49.1 Å². The molecular weight excluding hydrogens is 424 g/mol. The number of benzene rings is 1. The van der Waals surface area contributed by atoms with E-state index >= 15 is 0 Å². The van der Waals surface area contributed by atoms with E-state index in [2.05, 4.69) is 29.6 Å². The Bertz CT molecular complexity index is 1010. The minimum absolute atomic E-state index is 0.125. The van der Waals surface area contributed by atoms with Crippen LogP contribution in [-0.4, -0.2) is 40.5 Å². The predicted molar refractivity (Wildman–Crippen MR) is 135 cm³/mol. The zero-order chi connectivity index (χ0) is 23.1. The van der Waals surface area contributed by atoms with Crippen molar-refractivity contribution in [1.29, 1.82) is 0 Å². The second kappa shape index (κ2) is 9.50. The van der Waals surface area contributed by atoms with E-state index in [4.69, 9.17) is 9.73 Å². The first kappa shape index (κ1) is 22.4. The Hall–Kier alpha value is -2.11. The fourth-order valence-corrected chi connectivity index (χ4v) is 7.05. The molecule has 1 aromatic carbocycles. The molecule has 3 N–H and O–H groups in total. The van der Waals surface area contributed by atoms with Gasteiger partial charge in [0, 0.05) is 18.8 Å². The molecule has 5 atom stereocenters. The van der Waals surface area contributed by atoms with Gasteiger partial charge in [-0.05, 0) is 73.6 Å². The third-order valence-electron chi connectivity index (χ3n) is 8.74. The smallest absolute Gasteiger partial charge is 0.152 e. The van der Waals surface area contributed by atoms with Gasteiger partial charge < -0.3 is 20.3 Å². The lowest BCUT2D eigenvalue weighted by Gasteiger charge is -2.41. The summed E-state index contributed by atoms with van der Waals surface area (Å²) >= 11 is 0. The Labute approximate surface area is 203 Å². The molecule has 0 saturated heterocycles. The van der Waals surface area contributed by atoms with E-state index in [-0.39, 0.29) is 23.9 Å². The first-order valence-electron chi connectivity index (χ1n) is 13.5. The van der Waals surface area contributed by atoms with Crippen LogP contribution in [0.5, 0.6) is 0 Å². The van der Waals surface area contributed by atoms with Gasteiger partial charge >= 0.3 is 0 Å². The van der Waals surface area contributed by atoms with Crippen LogP contribution < -0.4 is 5.32 Å². The lowest BCUT2D eigenvalue weighted by Crippen LogP contribution is -2.50. The Kier molecular flexibility index (Phi) is 6.25. The zero-order valence-electron chi connectivity index (χ0n) is 20.1. The third-order valence-corrected chi connectivity index (χ3v) is 8.74. The molecule has 4 aliphatic carbocycles. The first-order valence-corrected chi connectivity index (χ1v) is 13.5. The number of fused-ring (bicyclic) bond motifs is 2. The summed E-state index contributed by atoms with van der Waals surface area (Å²) in [7, 11) is 0. The molecule has 182 valence electrons. The van der Waals surface area contributed by atoms with Gasteiger partial charge in [0.1, 0.15) is 5.84 Å². The molecule has 5 heteroatoms. The average Bonchev–Trinajstić information content (AvgIpc) is 3.35. The molecule has 1 heterocycles. The molecular formula is C29H38N2O3. The van der Waals surface area contributed by atoms with Crippen LogP contribution in [0.15, 0.2) is 46.7 Å². The number of hydrogen-bond acceptors (Lipinski definition) is 5. The van der Waals surface area contributed by atoms with Crippen molar-refractivity contribution in [3.8, 4) is 0 Å². The second-order valence-electron chi connectivity index (χ2n) is 11.0. The van der Waals surface area contributed by atoms with E-state index in [1.807, 2.05) is 0 Å². The maximum absolute atomic E-state index is 10.8. The first-order chi connectivity index (χ1) is 16.7. The number of aliphatic hydroxyl groups excluding tert-OH is 2. The van der Waals surface area contributed by atoms with E-state index in [0.29, 0.717) is 24.9 Å². The fraction of sp³-hybridized carbons (Fsp3) is 0.621. The molecule has 6 rings (SSSR count). The van der Waals surface area contributed by atoms with Gasteiger partial charge in [0.25, 0.3) is 0 Å². The third kappa shape index (κ3) is 4.33. The van der Waals surface area contributed by atoms with Crippen LogP contribution in [0.2, 0.25) is 0 Å². The fourth-order valence-electron chi connectivity index (χ4n) is 7.05. The maximum Gasteiger partial charge on any atom is 0.152 e. The molecule has 5 nitrogen and oxygen atoms in total. The molecule has 1 aliphatic heterocycles. The molecule has 5 unspecified atom stereocenters. The van der Waals surface area contributed by atoms with Gasteiger partial charge in [0.15, 0.2) is 6.23 Å². The molecule has 1 aromatic rings. The van der Waals surface area contributed by atoms with Crippen LogP contribution in [0, 0.1) is 11.8 Å². The summed E-state index contributed by atoms with van der Waals surface area (Å²) in [4.78, 5) is 5.04. The highest BCUT2D eigenvalue weighted by molar-refractivity contribution is 5.90. The van der Waals surface area contributed by atoms with E-state index in [0.717, 1.165) is 31.5 Å². The molecule has 0 aromatic heterocycles. The number of aliphatic hydroxyl groups is 2. The van der Waals surface area contributed by atoms with Crippen molar-refractivity contribution in [3.63, 3.8) is 0 Å². The Morgan fingerprint density at radius 2 is 1.79 bits per heavy atom. The lowest BCUT2D eigenvalue weighted by atomic mass is 9.70. The minimum atomic E-state index is -0.718. The standard InChI is InChI=1S/C29H38N2O3/c32-20-13-14-24(26(33)16-20)29-30-25(17-27(31-29)34-21-9-3-4-10-21)28-22-11-5-1-7-18(22)15-19-8-2-6-12-23(19)28/h1,5,7,11,16,19,21,24-27,32-33H,2-4,6,8-10,12-15,17H2,(H,30,31). The Morgan fingerprint density at radius 3 is 2.65 bits per heavy atom. The highest BCUT2D eigenvalue weighted by Crippen LogP contribution is 2.45. The van der Waals surface area contributed by atoms with Gasteiger partial charge in [-0.3, -0.25) is 0 Å². The van der Waals surface area contributed by atoms with Crippen molar-refractivity contribution < 1.29 is 14.9 Å². The van der Waals surface area contributed by atoms with Crippen LogP contribution in [0.1, 0.15) is 81.8 Å².